The van der Waals surface area contributed by atoms with Crippen molar-refractivity contribution >= 4 is 11.9 Å². The van der Waals surface area contributed by atoms with Crippen LogP contribution in [-0.4, -0.2) is 49.6 Å². The molecule has 0 aromatic carbocycles. The molecular weight excluding hydrogens is 220 g/mol. The highest BCUT2D eigenvalue weighted by Gasteiger charge is 2.14. The number of carbonyl (C=O) groups excluding carboxylic acids is 2. The van der Waals surface area contributed by atoms with Gasteiger partial charge in [0.2, 0.25) is 5.91 Å². The molecule has 5 heteroatoms. The van der Waals surface area contributed by atoms with Crippen molar-refractivity contribution in [1.29, 1.82) is 0 Å². The normalized spacial score (nSPS) is 12.0. The lowest BCUT2D eigenvalue weighted by Crippen LogP contribution is -2.40. The van der Waals surface area contributed by atoms with E-state index in [9.17, 15) is 9.59 Å². The van der Waals surface area contributed by atoms with E-state index in [1.54, 1.807) is 18.7 Å². The number of rotatable bonds is 8. The minimum absolute atomic E-state index is 0.0612. The average Bonchev–Trinajstić information content (AvgIpc) is 2.30. The van der Waals surface area contributed by atoms with Gasteiger partial charge in [-0.2, -0.15) is 0 Å². The number of hydrogen-bond donors (Lipinski definition) is 1. The number of likely N-dealkylation sites (N-methyl/N-ethyl adjacent to an activating group) is 1. The Morgan fingerprint density at radius 2 is 1.82 bits per heavy atom. The lowest BCUT2D eigenvalue weighted by molar-refractivity contribution is -0.147. The third-order valence-electron chi connectivity index (χ3n) is 2.53. The van der Waals surface area contributed by atoms with Crippen LogP contribution in [0.15, 0.2) is 0 Å². The molecule has 0 aliphatic heterocycles. The standard InChI is InChI=1S/C12H24N2O3/c1-5-14(6-2)11(15)9-13-8-10(4)12(16)17-7-3/h10,13H,5-9H2,1-4H3. The van der Waals surface area contributed by atoms with Crippen molar-refractivity contribution in [2.24, 2.45) is 5.92 Å². The van der Waals surface area contributed by atoms with Crippen LogP contribution in [0, 0.1) is 5.92 Å². The van der Waals surface area contributed by atoms with Crippen LogP contribution >= 0.6 is 0 Å². The molecule has 0 radical (unpaired) electrons. The second kappa shape index (κ2) is 8.98. The van der Waals surface area contributed by atoms with Crippen LogP contribution < -0.4 is 5.32 Å². The van der Waals surface area contributed by atoms with Gasteiger partial charge in [-0.05, 0) is 20.8 Å². The Morgan fingerprint density at radius 1 is 1.24 bits per heavy atom. The SMILES string of the molecule is CCOC(=O)C(C)CNCC(=O)N(CC)CC. The van der Waals surface area contributed by atoms with Gasteiger partial charge in [-0.1, -0.05) is 6.92 Å². The maximum absolute atomic E-state index is 11.6. The van der Waals surface area contributed by atoms with Gasteiger partial charge in [0, 0.05) is 19.6 Å². The van der Waals surface area contributed by atoms with E-state index in [4.69, 9.17) is 4.74 Å². The maximum atomic E-state index is 11.6. The van der Waals surface area contributed by atoms with Crippen molar-refractivity contribution in [3.63, 3.8) is 0 Å². The molecule has 17 heavy (non-hydrogen) atoms. The zero-order chi connectivity index (χ0) is 13.3. The van der Waals surface area contributed by atoms with Gasteiger partial charge in [-0.25, -0.2) is 0 Å². The largest absolute Gasteiger partial charge is 0.466 e. The molecule has 0 saturated heterocycles. The fourth-order valence-corrected chi connectivity index (χ4v) is 1.45. The highest BCUT2D eigenvalue weighted by atomic mass is 16.5. The van der Waals surface area contributed by atoms with E-state index in [-0.39, 0.29) is 24.3 Å². The highest BCUT2D eigenvalue weighted by Crippen LogP contribution is 1.96. The lowest BCUT2D eigenvalue weighted by Gasteiger charge is -2.19. The first-order chi connectivity index (χ1) is 8.06. The summed E-state index contributed by atoms with van der Waals surface area (Å²) in [6.07, 6.45) is 0. The van der Waals surface area contributed by atoms with Crippen LogP contribution in [0.4, 0.5) is 0 Å². The average molecular weight is 244 g/mol. The Labute approximate surface area is 103 Å². The molecule has 1 amide bonds. The predicted octanol–water partition coefficient (Wildman–Crippen LogP) is 0.644. The number of nitrogens with zero attached hydrogens (tertiary/aromatic N) is 1. The van der Waals surface area contributed by atoms with E-state index in [2.05, 4.69) is 5.32 Å². The Hall–Kier alpha value is -1.10. The number of nitrogens with one attached hydrogen (secondary N) is 1. The summed E-state index contributed by atoms with van der Waals surface area (Å²) in [5, 5.41) is 2.98. The van der Waals surface area contributed by atoms with Gasteiger partial charge in [0.05, 0.1) is 19.1 Å². The zero-order valence-corrected chi connectivity index (χ0v) is 11.3. The van der Waals surface area contributed by atoms with Crippen molar-refractivity contribution in [2.75, 3.05) is 32.8 Å². The van der Waals surface area contributed by atoms with E-state index in [1.807, 2.05) is 13.8 Å². The number of carbonyl (C=O) groups is 2. The van der Waals surface area contributed by atoms with Crippen molar-refractivity contribution in [3.05, 3.63) is 0 Å². The molecule has 0 aliphatic carbocycles. The van der Waals surface area contributed by atoms with Gasteiger partial charge in [0.15, 0.2) is 0 Å². The maximum Gasteiger partial charge on any atom is 0.309 e. The van der Waals surface area contributed by atoms with Crippen LogP contribution in [0.3, 0.4) is 0 Å². The summed E-state index contributed by atoms with van der Waals surface area (Å²) < 4.78 is 4.88. The molecule has 0 aromatic rings. The Morgan fingerprint density at radius 3 is 2.29 bits per heavy atom. The Balaban J connectivity index is 3.83. The fourth-order valence-electron chi connectivity index (χ4n) is 1.45. The minimum atomic E-state index is -0.227. The van der Waals surface area contributed by atoms with Gasteiger partial charge in [0.25, 0.3) is 0 Å². The molecule has 0 rings (SSSR count). The van der Waals surface area contributed by atoms with Crippen molar-refractivity contribution in [1.82, 2.24) is 10.2 Å². The second-order valence-electron chi connectivity index (χ2n) is 3.85. The first-order valence-electron chi connectivity index (χ1n) is 6.21. The van der Waals surface area contributed by atoms with Crippen molar-refractivity contribution < 1.29 is 14.3 Å². The van der Waals surface area contributed by atoms with E-state index in [1.165, 1.54) is 0 Å². The number of ether oxygens (including phenoxy) is 1. The van der Waals surface area contributed by atoms with Crippen LogP contribution in [0.5, 0.6) is 0 Å². The summed E-state index contributed by atoms with van der Waals surface area (Å²) in [5.74, 6) is -0.388. The van der Waals surface area contributed by atoms with Crippen LogP contribution in [-0.2, 0) is 14.3 Å². The summed E-state index contributed by atoms with van der Waals surface area (Å²) >= 11 is 0. The van der Waals surface area contributed by atoms with E-state index in [0.717, 1.165) is 0 Å². The molecule has 0 aliphatic rings. The van der Waals surface area contributed by atoms with Crippen LogP contribution in [0.1, 0.15) is 27.7 Å². The van der Waals surface area contributed by atoms with Crippen molar-refractivity contribution in [2.45, 2.75) is 27.7 Å². The first kappa shape index (κ1) is 15.9. The Bertz CT molecular complexity index is 240. The fraction of sp³-hybridized carbons (Fsp3) is 0.833. The van der Waals surface area contributed by atoms with Crippen LogP contribution in [0.25, 0.3) is 0 Å². The highest BCUT2D eigenvalue weighted by molar-refractivity contribution is 5.78. The summed E-state index contributed by atoms with van der Waals surface area (Å²) in [4.78, 5) is 24.7. The third kappa shape index (κ3) is 6.26. The molecule has 1 unspecified atom stereocenters. The quantitative estimate of drug-likeness (QED) is 0.637. The minimum Gasteiger partial charge on any atom is -0.466 e. The summed E-state index contributed by atoms with van der Waals surface area (Å²) in [5.41, 5.74) is 0. The van der Waals surface area contributed by atoms with E-state index >= 15 is 0 Å². The molecule has 100 valence electrons. The molecular formula is C12H24N2O3. The molecule has 1 N–H and O–H groups in total. The molecule has 0 bridgehead atoms. The molecule has 1 atom stereocenters. The number of amides is 1. The molecule has 0 heterocycles. The molecule has 5 nitrogen and oxygen atoms in total. The zero-order valence-electron chi connectivity index (χ0n) is 11.3. The Kier molecular flexibility index (Phi) is 8.40. The lowest BCUT2D eigenvalue weighted by atomic mass is 10.2. The third-order valence-corrected chi connectivity index (χ3v) is 2.53. The monoisotopic (exact) mass is 244 g/mol. The van der Waals surface area contributed by atoms with E-state index in [0.29, 0.717) is 26.2 Å². The molecule has 0 fully saturated rings. The van der Waals surface area contributed by atoms with Gasteiger partial charge in [-0.3, -0.25) is 9.59 Å². The van der Waals surface area contributed by atoms with Gasteiger partial charge in [-0.15, -0.1) is 0 Å². The number of esters is 1. The summed E-state index contributed by atoms with van der Waals surface area (Å²) in [7, 11) is 0. The van der Waals surface area contributed by atoms with E-state index < -0.39 is 0 Å². The second-order valence-corrected chi connectivity index (χ2v) is 3.85. The van der Waals surface area contributed by atoms with Crippen LogP contribution in [0.2, 0.25) is 0 Å². The molecule has 0 spiro atoms. The molecule has 0 aromatic heterocycles. The summed E-state index contributed by atoms with van der Waals surface area (Å²) in [6.45, 7) is 10.0. The predicted molar refractivity (Wildman–Crippen MR) is 66.6 cm³/mol. The number of hydrogen-bond acceptors (Lipinski definition) is 4. The van der Waals surface area contributed by atoms with Gasteiger partial charge >= 0.3 is 5.97 Å². The topological polar surface area (TPSA) is 58.6 Å². The van der Waals surface area contributed by atoms with Gasteiger partial charge in [0.1, 0.15) is 0 Å². The first-order valence-corrected chi connectivity index (χ1v) is 6.21. The molecule has 0 saturated carbocycles. The smallest absolute Gasteiger partial charge is 0.309 e. The van der Waals surface area contributed by atoms with Crippen molar-refractivity contribution in [3.8, 4) is 0 Å². The summed E-state index contributed by atoms with van der Waals surface area (Å²) in [6, 6.07) is 0. The van der Waals surface area contributed by atoms with Gasteiger partial charge < -0.3 is 15.0 Å².